The molecule has 1 unspecified atom stereocenters. The van der Waals surface area contributed by atoms with Crippen LogP contribution in [0.25, 0.3) is 0 Å². The SMILES string of the molecule is CCc1ccc(Cl)c(CC)c1NC(=O)C1CC(=O)N(c2cccc(OC)c2)C1. The van der Waals surface area contributed by atoms with E-state index in [0.717, 1.165) is 35.3 Å². The van der Waals surface area contributed by atoms with E-state index in [1.807, 2.05) is 44.2 Å². The molecule has 0 radical (unpaired) electrons. The number of amides is 2. The van der Waals surface area contributed by atoms with Crippen molar-refractivity contribution in [2.45, 2.75) is 33.1 Å². The first-order chi connectivity index (χ1) is 13.5. The Morgan fingerprint density at radius 3 is 2.71 bits per heavy atom. The lowest BCUT2D eigenvalue weighted by Crippen LogP contribution is -2.28. The second-order valence-electron chi connectivity index (χ2n) is 6.86. The number of nitrogens with zero attached hydrogens (tertiary/aromatic N) is 1. The van der Waals surface area contributed by atoms with Crippen LogP contribution in [0.2, 0.25) is 5.02 Å². The molecule has 1 N–H and O–H groups in total. The van der Waals surface area contributed by atoms with Gasteiger partial charge in [0.25, 0.3) is 0 Å². The standard InChI is InChI=1S/C22H25ClN2O3/c1-4-14-9-10-19(23)18(5-2)21(14)24-22(27)15-11-20(26)25(13-15)16-7-6-8-17(12-16)28-3/h6-10,12,15H,4-5,11,13H2,1-3H3,(H,24,27). The Bertz CT molecular complexity index is 897. The quantitative estimate of drug-likeness (QED) is 0.778. The highest BCUT2D eigenvalue weighted by atomic mass is 35.5. The van der Waals surface area contributed by atoms with Gasteiger partial charge < -0.3 is 15.0 Å². The molecule has 6 heteroatoms. The van der Waals surface area contributed by atoms with Crippen molar-refractivity contribution in [3.8, 4) is 5.75 Å². The molecule has 148 valence electrons. The van der Waals surface area contributed by atoms with Crippen LogP contribution in [0.5, 0.6) is 5.75 Å². The summed E-state index contributed by atoms with van der Waals surface area (Å²) >= 11 is 6.33. The zero-order valence-electron chi connectivity index (χ0n) is 16.4. The number of carbonyl (C=O) groups excluding carboxylic acids is 2. The molecule has 1 atom stereocenters. The van der Waals surface area contributed by atoms with Crippen LogP contribution < -0.4 is 15.0 Å². The second-order valence-corrected chi connectivity index (χ2v) is 7.27. The average Bonchev–Trinajstić information content (AvgIpc) is 3.10. The van der Waals surface area contributed by atoms with Crippen molar-refractivity contribution >= 4 is 34.8 Å². The summed E-state index contributed by atoms with van der Waals surface area (Å²) in [4.78, 5) is 27.1. The molecule has 1 aliphatic rings. The van der Waals surface area contributed by atoms with Gasteiger partial charge in [-0.25, -0.2) is 0 Å². The Morgan fingerprint density at radius 2 is 2.04 bits per heavy atom. The first-order valence-corrected chi connectivity index (χ1v) is 9.91. The van der Waals surface area contributed by atoms with Crippen LogP contribution >= 0.6 is 11.6 Å². The lowest BCUT2D eigenvalue weighted by atomic mass is 10.0. The van der Waals surface area contributed by atoms with E-state index in [9.17, 15) is 9.59 Å². The van der Waals surface area contributed by atoms with Gasteiger partial charge in [-0.3, -0.25) is 9.59 Å². The van der Waals surface area contributed by atoms with E-state index in [1.165, 1.54) is 0 Å². The zero-order chi connectivity index (χ0) is 20.3. The number of carbonyl (C=O) groups is 2. The van der Waals surface area contributed by atoms with Crippen LogP contribution in [0, 0.1) is 5.92 Å². The molecule has 1 saturated heterocycles. The topological polar surface area (TPSA) is 58.6 Å². The third-order valence-corrected chi connectivity index (χ3v) is 5.54. The normalized spacial score (nSPS) is 16.4. The predicted octanol–water partition coefficient (Wildman–Crippen LogP) is 4.47. The Hall–Kier alpha value is -2.53. The molecule has 0 saturated carbocycles. The molecule has 1 heterocycles. The van der Waals surface area contributed by atoms with Crippen LogP contribution in [0.3, 0.4) is 0 Å². The van der Waals surface area contributed by atoms with Crippen LogP contribution in [0.15, 0.2) is 36.4 Å². The maximum atomic E-state index is 13.0. The lowest BCUT2D eigenvalue weighted by molar-refractivity contribution is -0.122. The average molecular weight is 401 g/mol. The van der Waals surface area contributed by atoms with Crippen molar-refractivity contribution in [2.75, 3.05) is 23.9 Å². The number of aryl methyl sites for hydroxylation is 1. The number of halogens is 1. The molecule has 0 spiro atoms. The number of hydrogen-bond donors (Lipinski definition) is 1. The van der Waals surface area contributed by atoms with Crippen molar-refractivity contribution in [2.24, 2.45) is 5.92 Å². The summed E-state index contributed by atoms with van der Waals surface area (Å²) in [7, 11) is 1.59. The smallest absolute Gasteiger partial charge is 0.229 e. The van der Waals surface area contributed by atoms with Crippen LogP contribution in [0.1, 0.15) is 31.4 Å². The third-order valence-electron chi connectivity index (χ3n) is 5.19. The summed E-state index contributed by atoms with van der Waals surface area (Å²) in [5.41, 5.74) is 3.51. The van der Waals surface area contributed by atoms with Gasteiger partial charge in [0.05, 0.1) is 13.0 Å². The fourth-order valence-corrected chi connectivity index (χ4v) is 3.89. The van der Waals surface area contributed by atoms with E-state index in [4.69, 9.17) is 16.3 Å². The van der Waals surface area contributed by atoms with Gasteiger partial charge in [0.2, 0.25) is 11.8 Å². The monoisotopic (exact) mass is 400 g/mol. The van der Waals surface area contributed by atoms with Gasteiger partial charge in [-0.15, -0.1) is 0 Å². The first kappa shape index (κ1) is 20.2. The van der Waals surface area contributed by atoms with Gasteiger partial charge in [0.1, 0.15) is 5.75 Å². The van der Waals surface area contributed by atoms with E-state index in [-0.39, 0.29) is 18.2 Å². The summed E-state index contributed by atoms with van der Waals surface area (Å²) in [6.07, 6.45) is 1.70. The van der Waals surface area contributed by atoms with Crippen LogP contribution in [0.4, 0.5) is 11.4 Å². The minimum atomic E-state index is -0.410. The summed E-state index contributed by atoms with van der Waals surface area (Å²) < 4.78 is 5.24. The molecule has 1 aliphatic heterocycles. The van der Waals surface area contributed by atoms with Gasteiger partial charge in [0.15, 0.2) is 0 Å². The predicted molar refractivity (Wildman–Crippen MR) is 112 cm³/mol. The lowest BCUT2D eigenvalue weighted by Gasteiger charge is -2.19. The number of ether oxygens (including phenoxy) is 1. The highest BCUT2D eigenvalue weighted by Gasteiger charge is 2.35. The summed E-state index contributed by atoms with van der Waals surface area (Å²) in [5.74, 6) is 0.0562. The molecule has 2 amide bonds. The molecule has 3 rings (SSSR count). The molecule has 2 aromatic rings. The molecule has 5 nitrogen and oxygen atoms in total. The maximum absolute atomic E-state index is 13.0. The summed E-state index contributed by atoms with van der Waals surface area (Å²) in [6, 6.07) is 11.1. The van der Waals surface area contributed by atoms with Crippen molar-refractivity contribution < 1.29 is 14.3 Å². The van der Waals surface area contributed by atoms with Crippen molar-refractivity contribution in [1.29, 1.82) is 0 Å². The van der Waals surface area contributed by atoms with E-state index < -0.39 is 5.92 Å². The Labute approximate surface area is 170 Å². The Kier molecular flexibility index (Phi) is 6.25. The molecular weight excluding hydrogens is 376 g/mol. The van der Waals surface area contributed by atoms with Crippen molar-refractivity contribution in [3.63, 3.8) is 0 Å². The van der Waals surface area contributed by atoms with E-state index in [0.29, 0.717) is 17.3 Å². The van der Waals surface area contributed by atoms with Gasteiger partial charge in [0, 0.05) is 35.4 Å². The van der Waals surface area contributed by atoms with Gasteiger partial charge in [-0.05, 0) is 42.2 Å². The third kappa shape index (κ3) is 3.99. The first-order valence-electron chi connectivity index (χ1n) is 9.54. The highest BCUT2D eigenvalue weighted by Crippen LogP contribution is 2.32. The minimum Gasteiger partial charge on any atom is -0.497 e. The molecule has 1 fully saturated rings. The molecule has 0 bridgehead atoms. The molecular formula is C22H25ClN2O3. The molecule has 28 heavy (non-hydrogen) atoms. The maximum Gasteiger partial charge on any atom is 0.229 e. The van der Waals surface area contributed by atoms with E-state index >= 15 is 0 Å². The number of methoxy groups -OCH3 is 1. The molecule has 2 aromatic carbocycles. The number of benzene rings is 2. The highest BCUT2D eigenvalue weighted by molar-refractivity contribution is 6.32. The Balaban J connectivity index is 1.80. The number of nitrogens with one attached hydrogen (secondary N) is 1. The number of anilines is 2. The largest absolute Gasteiger partial charge is 0.497 e. The summed E-state index contributed by atoms with van der Waals surface area (Å²) in [6.45, 7) is 4.41. The van der Waals surface area contributed by atoms with Gasteiger partial charge in [-0.1, -0.05) is 37.6 Å². The zero-order valence-corrected chi connectivity index (χ0v) is 17.2. The van der Waals surface area contributed by atoms with Crippen LogP contribution in [-0.4, -0.2) is 25.5 Å². The summed E-state index contributed by atoms with van der Waals surface area (Å²) in [5, 5.41) is 3.70. The second kappa shape index (κ2) is 8.65. The Morgan fingerprint density at radius 1 is 1.25 bits per heavy atom. The van der Waals surface area contributed by atoms with Crippen LogP contribution in [-0.2, 0) is 22.4 Å². The van der Waals surface area contributed by atoms with Crippen molar-refractivity contribution in [1.82, 2.24) is 0 Å². The van der Waals surface area contributed by atoms with Crippen molar-refractivity contribution in [3.05, 3.63) is 52.5 Å². The van der Waals surface area contributed by atoms with Gasteiger partial charge >= 0.3 is 0 Å². The van der Waals surface area contributed by atoms with Gasteiger partial charge in [-0.2, -0.15) is 0 Å². The fourth-order valence-electron chi connectivity index (χ4n) is 3.60. The minimum absolute atomic E-state index is 0.0640. The number of rotatable bonds is 6. The molecule has 0 aromatic heterocycles. The number of hydrogen-bond acceptors (Lipinski definition) is 3. The molecule has 0 aliphatic carbocycles. The van der Waals surface area contributed by atoms with E-state index in [2.05, 4.69) is 5.32 Å². The fraction of sp³-hybridized carbons (Fsp3) is 0.364. The van der Waals surface area contributed by atoms with E-state index in [1.54, 1.807) is 18.1 Å².